The molecule has 1 aromatic carbocycles. The first-order chi connectivity index (χ1) is 7.39. The molecule has 0 amide bonds. The lowest BCUT2D eigenvalue weighted by molar-refractivity contribution is -0.138. The van der Waals surface area contributed by atoms with Crippen LogP contribution in [0.4, 0.5) is 8.78 Å². The summed E-state index contributed by atoms with van der Waals surface area (Å²) in [5.74, 6) is -2.64. The van der Waals surface area contributed by atoms with E-state index in [0.29, 0.717) is 6.07 Å². The van der Waals surface area contributed by atoms with Gasteiger partial charge in [-0.25, -0.2) is 8.78 Å². The summed E-state index contributed by atoms with van der Waals surface area (Å²) in [5, 5.41) is 8.71. The van der Waals surface area contributed by atoms with E-state index in [1.54, 1.807) is 6.92 Å². The largest absolute Gasteiger partial charge is 0.481 e. The fourth-order valence-electron chi connectivity index (χ4n) is 1.57. The van der Waals surface area contributed by atoms with Crippen molar-refractivity contribution in [1.29, 1.82) is 0 Å². The Morgan fingerprint density at radius 2 is 2.12 bits per heavy atom. The van der Waals surface area contributed by atoms with Gasteiger partial charge >= 0.3 is 5.97 Å². The van der Waals surface area contributed by atoms with Crippen molar-refractivity contribution >= 4 is 5.97 Å². The molecule has 0 aliphatic carbocycles. The minimum atomic E-state index is -1.30. The van der Waals surface area contributed by atoms with Crippen LogP contribution in [0, 0.1) is 11.6 Å². The molecule has 3 nitrogen and oxygen atoms in total. The molecule has 3 N–H and O–H groups in total. The highest BCUT2D eigenvalue weighted by Crippen LogP contribution is 2.28. The number of carboxylic acid groups (broad SMARTS) is 1. The molecule has 0 bridgehead atoms. The summed E-state index contributed by atoms with van der Waals surface area (Å²) in [7, 11) is 0. The number of hydrogen-bond acceptors (Lipinski definition) is 2. The first-order valence-electron chi connectivity index (χ1n) is 4.85. The summed E-state index contributed by atoms with van der Waals surface area (Å²) in [5.41, 5.74) is 4.55. The second kappa shape index (κ2) is 4.57. The topological polar surface area (TPSA) is 63.3 Å². The van der Waals surface area contributed by atoms with Crippen molar-refractivity contribution in [3.8, 4) is 0 Å². The lowest BCUT2D eigenvalue weighted by Gasteiger charge is -2.27. The van der Waals surface area contributed by atoms with Crippen molar-refractivity contribution in [3.63, 3.8) is 0 Å². The first-order valence-corrected chi connectivity index (χ1v) is 4.85. The molecule has 88 valence electrons. The highest BCUT2D eigenvalue weighted by molar-refractivity contribution is 5.69. The van der Waals surface area contributed by atoms with Gasteiger partial charge in [0.05, 0.1) is 12.0 Å². The van der Waals surface area contributed by atoms with Gasteiger partial charge in [-0.15, -0.1) is 0 Å². The van der Waals surface area contributed by atoms with Gasteiger partial charge in [-0.2, -0.15) is 0 Å². The molecule has 0 saturated carbocycles. The second-order valence-electron chi connectivity index (χ2n) is 3.70. The number of halogens is 2. The highest BCUT2D eigenvalue weighted by atomic mass is 19.1. The molecule has 0 aromatic heterocycles. The third-order valence-corrected chi connectivity index (χ3v) is 2.57. The van der Waals surface area contributed by atoms with E-state index in [2.05, 4.69) is 0 Å². The molecular weight excluding hydrogens is 216 g/mol. The quantitative estimate of drug-likeness (QED) is 0.830. The molecule has 0 saturated heterocycles. The van der Waals surface area contributed by atoms with E-state index in [9.17, 15) is 13.6 Å². The molecule has 1 atom stereocenters. The Balaban J connectivity index is 3.17. The van der Waals surface area contributed by atoms with Gasteiger partial charge in [0.1, 0.15) is 11.6 Å². The molecule has 1 aromatic rings. The van der Waals surface area contributed by atoms with Crippen molar-refractivity contribution in [2.45, 2.75) is 25.3 Å². The molecule has 5 heteroatoms. The van der Waals surface area contributed by atoms with Crippen molar-refractivity contribution in [1.82, 2.24) is 0 Å². The van der Waals surface area contributed by atoms with Gasteiger partial charge in [-0.05, 0) is 12.5 Å². The monoisotopic (exact) mass is 229 g/mol. The molecule has 0 fully saturated rings. The van der Waals surface area contributed by atoms with Crippen LogP contribution in [0.5, 0.6) is 0 Å². The zero-order valence-corrected chi connectivity index (χ0v) is 8.84. The summed E-state index contributed by atoms with van der Waals surface area (Å²) in [6, 6.07) is 2.96. The molecule has 16 heavy (non-hydrogen) atoms. The van der Waals surface area contributed by atoms with Gasteiger partial charge in [-0.3, -0.25) is 4.79 Å². The Bertz CT molecular complexity index is 409. The Morgan fingerprint density at radius 1 is 1.50 bits per heavy atom. The van der Waals surface area contributed by atoms with Crippen molar-refractivity contribution in [2.24, 2.45) is 5.73 Å². The summed E-state index contributed by atoms with van der Waals surface area (Å²) >= 11 is 0. The summed E-state index contributed by atoms with van der Waals surface area (Å²) < 4.78 is 26.2. The number of carbonyl (C=O) groups is 1. The zero-order chi connectivity index (χ0) is 12.3. The molecule has 0 spiro atoms. The minimum absolute atomic E-state index is 0.0267. The Hall–Kier alpha value is -1.49. The average molecular weight is 229 g/mol. The van der Waals surface area contributed by atoms with Crippen LogP contribution in [0.3, 0.4) is 0 Å². The van der Waals surface area contributed by atoms with Crippen LogP contribution in [0.1, 0.15) is 25.3 Å². The Kier molecular flexibility index (Phi) is 3.59. The van der Waals surface area contributed by atoms with E-state index in [-0.39, 0.29) is 12.0 Å². The normalized spacial score (nSPS) is 14.5. The summed E-state index contributed by atoms with van der Waals surface area (Å²) in [6.45, 7) is 1.66. The van der Waals surface area contributed by atoms with Crippen molar-refractivity contribution in [2.75, 3.05) is 0 Å². The minimum Gasteiger partial charge on any atom is -0.481 e. The van der Waals surface area contributed by atoms with Gasteiger partial charge in [0.2, 0.25) is 0 Å². The number of benzene rings is 1. The van der Waals surface area contributed by atoms with Crippen molar-refractivity contribution < 1.29 is 18.7 Å². The average Bonchev–Trinajstić information content (AvgIpc) is 2.16. The third-order valence-electron chi connectivity index (χ3n) is 2.57. The fraction of sp³-hybridized carbons (Fsp3) is 0.364. The van der Waals surface area contributed by atoms with Crippen molar-refractivity contribution in [3.05, 3.63) is 35.4 Å². The maximum Gasteiger partial charge on any atom is 0.305 e. The molecular formula is C11H13F2NO2. The van der Waals surface area contributed by atoms with Gasteiger partial charge in [0, 0.05) is 11.6 Å². The molecule has 1 rings (SSSR count). The molecule has 0 heterocycles. The number of carboxylic acids is 1. The number of nitrogens with two attached hydrogens (primary N) is 1. The van der Waals surface area contributed by atoms with E-state index in [1.807, 2.05) is 0 Å². The summed E-state index contributed by atoms with van der Waals surface area (Å²) in [6.07, 6.45) is -0.145. The van der Waals surface area contributed by atoms with Gasteiger partial charge in [0.15, 0.2) is 0 Å². The SMILES string of the molecule is CC[C@@](N)(CC(=O)O)c1ccc(F)cc1F. The van der Waals surface area contributed by atoms with Crippen LogP contribution in [0.25, 0.3) is 0 Å². The first kappa shape index (κ1) is 12.6. The predicted molar refractivity (Wildman–Crippen MR) is 54.8 cm³/mol. The van der Waals surface area contributed by atoms with Crippen LogP contribution in [0.2, 0.25) is 0 Å². The maximum atomic E-state index is 13.5. The fourth-order valence-corrected chi connectivity index (χ4v) is 1.57. The molecule has 0 aliphatic rings. The highest BCUT2D eigenvalue weighted by Gasteiger charge is 2.31. The van der Waals surface area contributed by atoms with E-state index in [4.69, 9.17) is 10.8 Å². The van der Waals surface area contributed by atoms with E-state index in [0.717, 1.165) is 6.07 Å². The second-order valence-corrected chi connectivity index (χ2v) is 3.70. The van der Waals surface area contributed by atoms with Crippen LogP contribution >= 0.6 is 0 Å². The molecule has 0 radical (unpaired) electrons. The Labute approximate surface area is 91.9 Å². The third kappa shape index (κ3) is 2.55. The van der Waals surface area contributed by atoms with Crippen LogP contribution in [0.15, 0.2) is 18.2 Å². The smallest absolute Gasteiger partial charge is 0.305 e. The lowest BCUT2D eigenvalue weighted by Crippen LogP contribution is -2.39. The van der Waals surface area contributed by atoms with E-state index in [1.165, 1.54) is 6.07 Å². The van der Waals surface area contributed by atoms with Gasteiger partial charge in [0.25, 0.3) is 0 Å². The van der Waals surface area contributed by atoms with E-state index >= 15 is 0 Å². The predicted octanol–water partition coefficient (Wildman–Crippen LogP) is 2.00. The van der Waals surface area contributed by atoms with Crippen LogP contribution < -0.4 is 5.73 Å². The standard InChI is InChI=1S/C11H13F2NO2/c1-2-11(14,6-10(15)16)8-4-3-7(12)5-9(8)13/h3-5H,2,6,14H2,1H3,(H,15,16)/t11-/m1/s1. The van der Waals surface area contributed by atoms with Crippen LogP contribution in [-0.4, -0.2) is 11.1 Å². The number of hydrogen-bond donors (Lipinski definition) is 2. The lowest BCUT2D eigenvalue weighted by atomic mass is 9.85. The van der Waals surface area contributed by atoms with Gasteiger partial charge in [-0.1, -0.05) is 13.0 Å². The molecule has 0 unspecified atom stereocenters. The zero-order valence-electron chi connectivity index (χ0n) is 8.84. The number of rotatable bonds is 4. The van der Waals surface area contributed by atoms with Crippen LogP contribution in [-0.2, 0) is 10.3 Å². The number of aliphatic carboxylic acids is 1. The maximum absolute atomic E-state index is 13.5. The Morgan fingerprint density at radius 3 is 2.56 bits per heavy atom. The summed E-state index contributed by atoms with van der Waals surface area (Å²) in [4.78, 5) is 10.6. The molecule has 0 aliphatic heterocycles. The van der Waals surface area contributed by atoms with Gasteiger partial charge < -0.3 is 10.8 Å². The van der Waals surface area contributed by atoms with E-state index < -0.39 is 29.6 Å².